The monoisotopic (exact) mass is 258 g/mol. The Bertz CT molecular complexity index is 56.5. The summed E-state index contributed by atoms with van der Waals surface area (Å²) in [5, 5.41) is 0. The molecular formula is C4H14IS2-. The van der Waals surface area contributed by atoms with Crippen molar-refractivity contribution in [1.29, 1.82) is 0.594 Å². The van der Waals surface area contributed by atoms with Crippen LogP contribution in [0.2, 0.25) is 0 Å². The number of rotatable bonds is 1. The molecule has 3 heteroatoms. The van der Waals surface area contributed by atoms with Gasteiger partial charge in [0.05, 0.1) is 2.74 Å². The SMILES string of the molecule is C.C.[2H]C([3H])=S.[3H][I-]SC. The normalized spacial score (nSPS) is 9.00. The van der Waals surface area contributed by atoms with Crippen molar-refractivity contribution >= 4 is 27.0 Å². The molecule has 0 aromatic carbocycles. The van der Waals surface area contributed by atoms with Crippen molar-refractivity contribution in [1.82, 2.24) is 0 Å². The van der Waals surface area contributed by atoms with Gasteiger partial charge in [-0.05, 0) is 5.82 Å². The zero-order valence-electron chi connectivity index (χ0n) is 5.69. The van der Waals surface area contributed by atoms with E-state index in [4.69, 9.17) is 3.34 Å². The Balaban J connectivity index is -0.0000000300. The standard InChI is InChI=1S/CH4IS.CH2S.2CH4/c1-3-2;1-2;;/h2H,1H3;1H2;2*1H4/q-1;;;/i2T;1TD;;. The van der Waals surface area contributed by atoms with E-state index in [2.05, 4.69) is 12.2 Å². The first-order valence-corrected chi connectivity index (χ1v) is 4.94. The summed E-state index contributed by atoms with van der Waals surface area (Å²) >= 11 is 3.65. The second kappa shape index (κ2) is 58.0. The molecule has 0 saturated heterocycles. The van der Waals surface area contributed by atoms with E-state index in [9.17, 15) is 0 Å². The predicted molar refractivity (Wildman–Crippen MR) is 43.1 cm³/mol. The molecule has 0 heterocycles. The molecule has 0 aliphatic rings. The van der Waals surface area contributed by atoms with Crippen molar-refractivity contribution in [2.75, 3.05) is 6.26 Å². The van der Waals surface area contributed by atoms with Gasteiger partial charge in [-0.1, -0.05) is 27.1 Å². The summed E-state index contributed by atoms with van der Waals surface area (Å²) in [6, 6.07) is 0. The second-order valence-corrected chi connectivity index (χ2v) is 3.11. The number of halogens is 1. The van der Waals surface area contributed by atoms with Gasteiger partial charge < -0.3 is 0 Å². The summed E-state index contributed by atoms with van der Waals surface area (Å²) in [4.78, 5) is 0. The molecule has 0 saturated carbocycles. The molecule has 0 nitrogen and oxygen atoms in total. The van der Waals surface area contributed by atoms with Crippen LogP contribution in [-0.2, 0) is 0 Å². The average molecular weight is 258 g/mol. The van der Waals surface area contributed by atoms with Crippen LogP contribution >= 0.6 is 21.2 Å². The molecule has 0 atom stereocenters. The molecule has 0 aliphatic heterocycles. The Hall–Kier alpha value is 1.17. The van der Waals surface area contributed by atoms with Gasteiger partial charge in [0.15, 0.2) is 0 Å². The first-order valence-electron chi connectivity index (χ1n) is 2.14. The predicted octanol–water partition coefficient (Wildman–Crippen LogP) is -0.562. The van der Waals surface area contributed by atoms with Crippen LogP contribution in [0.3, 0.4) is 0 Å². The van der Waals surface area contributed by atoms with Crippen molar-refractivity contribution < 1.29 is 23.7 Å². The summed E-state index contributed by atoms with van der Waals surface area (Å²) in [5.41, 5.74) is 0. The Morgan fingerprint density at radius 2 is 2.43 bits per heavy atom. The Morgan fingerprint density at radius 1 is 2.29 bits per heavy atom. The maximum atomic E-state index is 6.52. The van der Waals surface area contributed by atoms with Gasteiger partial charge in [-0.2, -0.15) is 0 Å². The van der Waals surface area contributed by atoms with Crippen molar-refractivity contribution in [3.8, 4) is 0 Å². The van der Waals surface area contributed by atoms with E-state index in [-0.39, 0.29) is 35.9 Å². The Kier molecular flexibility index (Phi) is 67.7. The summed E-state index contributed by atoms with van der Waals surface area (Å²) in [7, 11) is 1.63. The Morgan fingerprint density at radius 3 is 2.43 bits per heavy atom. The van der Waals surface area contributed by atoms with Crippen LogP contribution in [0.5, 0.6) is 0 Å². The van der Waals surface area contributed by atoms with Crippen molar-refractivity contribution in [2.24, 2.45) is 0 Å². The minimum atomic E-state index is -0.500. The van der Waals surface area contributed by atoms with E-state index in [1.54, 1.807) is 8.93 Å². The average Bonchev–Trinajstić information content (AvgIpc) is 1.65. The zero-order chi connectivity index (χ0) is 6.99. The van der Waals surface area contributed by atoms with E-state index < -0.39 is 5.82 Å². The third-order valence-electron chi connectivity index (χ3n) is 0. The molecule has 0 aromatic rings. The molecule has 0 bridgehead atoms. The van der Waals surface area contributed by atoms with Gasteiger partial charge in [0.25, 0.3) is 0 Å². The molecule has 0 amide bonds. The summed E-state index contributed by atoms with van der Waals surface area (Å²) in [6.07, 6.45) is 1.96. The summed E-state index contributed by atoms with van der Waals surface area (Å²) in [5.74, 6) is -0.500. The quantitative estimate of drug-likeness (QED) is 0.457. The van der Waals surface area contributed by atoms with Crippen LogP contribution in [0, 0.1) is 0 Å². The minimum absolute atomic E-state index is 0. The fourth-order valence-electron chi connectivity index (χ4n) is 0. The molecule has 0 aliphatic carbocycles. The summed E-state index contributed by atoms with van der Waals surface area (Å²) in [6.45, 7) is 0. The molecule has 0 radical (unpaired) electrons. The van der Waals surface area contributed by atoms with Crippen molar-refractivity contribution in [3.05, 3.63) is 0 Å². The first kappa shape index (κ1) is 8.17. The fraction of sp³-hybridized carbons (Fsp3) is 0.750. The molecule has 0 unspecified atom stereocenters. The Labute approximate surface area is 72.3 Å². The van der Waals surface area contributed by atoms with Crippen molar-refractivity contribution in [3.63, 3.8) is 0 Å². The van der Waals surface area contributed by atoms with Crippen LogP contribution < -0.4 is 21.0 Å². The first-order chi connectivity index (χ1) is 3.65. The summed E-state index contributed by atoms with van der Waals surface area (Å²) < 4.78 is 18.5. The van der Waals surface area contributed by atoms with Gasteiger partial charge in [0.1, 0.15) is 0 Å². The molecule has 50 valence electrons. The fourth-order valence-corrected chi connectivity index (χ4v) is 0. The topological polar surface area (TPSA) is 0 Å². The van der Waals surface area contributed by atoms with Gasteiger partial charge in [0.2, 0.25) is 0 Å². The number of hydrogen-bond donors (Lipinski definition) is 0. The molecule has 0 spiro atoms. The van der Waals surface area contributed by atoms with Crippen LogP contribution in [-0.4, -0.2) is 12.7 Å². The van der Waals surface area contributed by atoms with Crippen LogP contribution in [0.4, 0.5) is 0 Å². The third-order valence-corrected chi connectivity index (χ3v) is 0. The molecule has 7 heavy (non-hydrogen) atoms. The second-order valence-electron chi connectivity index (χ2n) is 0.154. The van der Waals surface area contributed by atoms with E-state index in [0.717, 1.165) is 0 Å². The van der Waals surface area contributed by atoms with Gasteiger partial charge in [-0.3, -0.25) is 0 Å². The number of hydrogen-bond acceptors (Lipinski definition) is 2. The third kappa shape index (κ3) is 140. The van der Waals surface area contributed by atoms with Crippen LogP contribution in [0.15, 0.2) is 0 Å². The van der Waals surface area contributed by atoms with E-state index >= 15 is 0 Å². The van der Waals surface area contributed by atoms with Crippen LogP contribution in [0.25, 0.3) is 0 Å². The maximum absolute atomic E-state index is 6.52. The van der Waals surface area contributed by atoms with E-state index in [0.29, 0.717) is 0 Å². The van der Waals surface area contributed by atoms with Crippen LogP contribution in [0.1, 0.15) is 17.6 Å². The van der Waals surface area contributed by atoms with Gasteiger partial charge >= 0.3 is 36.8 Å². The van der Waals surface area contributed by atoms with E-state index in [1.807, 2.05) is 6.26 Å². The van der Waals surface area contributed by atoms with Crippen molar-refractivity contribution in [2.45, 2.75) is 14.9 Å². The molecule has 0 fully saturated rings. The van der Waals surface area contributed by atoms with Gasteiger partial charge in [-0.25, -0.2) is 0 Å². The van der Waals surface area contributed by atoms with Gasteiger partial charge in [0, 0.05) is 0 Å². The zero-order valence-corrected chi connectivity index (χ0v) is 6.48. The number of thiocarbonyl (C=S) groups is 1. The molecular weight excluding hydrogens is 239 g/mol. The van der Waals surface area contributed by atoms with Gasteiger partial charge in [-0.15, -0.1) is 0 Å². The van der Waals surface area contributed by atoms with E-state index in [1.165, 1.54) is 0 Å². The molecule has 0 aromatic heterocycles. The molecule has 0 rings (SSSR count). The molecule has 0 N–H and O–H groups in total.